The van der Waals surface area contributed by atoms with Crippen LogP contribution in [-0.4, -0.2) is 79.2 Å². The zero-order valence-corrected chi connectivity index (χ0v) is 45.5. The number of halogens is 4. The number of H-pyrrole nitrogens is 1. The molecule has 0 saturated heterocycles. The van der Waals surface area contributed by atoms with Crippen molar-refractivity contribution < 1.29 is 27.2 Å². The van der Waals surface area contributed by atoms with Crippen LogP contribution in [0.3, 0.4) is 0 Å². The molecule has 6 heterocycles. The van der Waals surface area contributed by atoms with Crippen molar-refractivity contribution in [1.29, 1.82) is 0 Å². The molecule has 4 N–H and O–H groups in total. The van der Waals surface area contributed by atoms with Crippen molar-refractivity contribution in [2.45, 2.75) is 87.5 Å². The molecule has 1 aliphatic heterocycles. The van der Waals surface area contributed by atoms with Crippen LogP contribution >= 0.6 is 55.1 Å². The molecule has 0 bridgehead atoms. The molecule has 4 aromatic carbocycles. The number of furan rings is 1. The first-order valence-corrected chi connectivity index (χ1v) is 26.4. The van der Waals surface area contributed by atoms with E-state index in [9.17, 15) is 18.0 Å². The Morgan fingerprint density at radius 3 is 1.96 bits per heavy atom. The van der Waals surface area contributed by atoms with Crippen molar-refractivity contribution in [1.82, 2.24) is 40.0 Å². The lowest BCUT2D eigenvalue weighted by Crippen LogP contribution is -2.29. The van der Waals surface area contributed by atoms with Gasteiger partial charge in [-0.1, -0.05) is 85.8 Å². The summed E-state index contributed by atoms with van der Waals surface area (Å²) in [7, 11) is -3.15. The fraction of sp³-hybridized carbons (Fsp3) is 0.236. The number of nitrogens with zero attached hydrogens (tertiary/aromatic N) is 7. The molecular formula is C55H63Br2Cl2N11O6S. The number of rotatable bonds is 8. The Balaban J connectivity index is 0.000000273. The van der Waals surface area contributed by atoms with E-state index in [-0.39, 0.29) is 57.2 Å². The summed E-state index contributed by atoms with van der Waals surface area (Å²) in [5.41, 5.74) is 6.91. The van der Waals surface area contributed by atoms with Gasteiger partial charge in [-0.25, -0.2) is 33.1 Å². The second-order valence-corrected chi connectivity index (χ2v) is 21.8. The summed E-state index contributed by atoms with van der Waals surface area (Å²) in [4.78, 5) is 46.6. The van der Waals surface area contributed by atoms with Gasteiger partial charge in [-0.2, -0.15) is 9.78 Å². The lowest BCUT2D eigenvalue weighted by molar-refractivity contribution is 0.0514. The number of ether oxygens (including phenoxy) is 1. The van der Waals surface area contributed by atoms with E-state index in [4.69, 9.17) is 32.4 Å². The molecule has 0 fully saturated rings. The van der Waals surface area contributed by atoms with Gasteiger partial charge in [0, 0.05) is 79.3 Å². The number of aromatic nitrogens is 7. The van der Waals surface area contributed by atoms with Crippen LogP contribution in [0.5, 0.6) is 0 Å². The number of nitrogens with one attached hydrogen (secondary N) is 4. The van der Waals surface area contributed by atoms with Crippen LogP contribution in [0.4, 0.5) is 27.8 Å². The number of hydrogen-bond donors (Lipinski definition) is 4. The topological polar surface area (TPSA) is 224 Å². The van der Waals surface area contributed by atoms with E-state index in [0.717, 1.165) is 59.8 Å². The molecule has 1 amide bonds. The van der Waals surface area contributed by atoms with Crippen LogP contribution < -0.4 is 16.0 Å². The summed E-state index contributed by atoms with van der Waals surface area (Å²) in [5, 5.41) is 15.7. The number of anilines is 4. The molecule has 408 valence electrons. The predicted octanol–water partition coefficient (Wildman–Crippen LogP) is 15.5. The Bertz CT molecular complexity index is 3560. The standard InChI is InChI=1S/C18H18ClN5O2.C12H12BrNO2.C12H9ClN4.C9H8BrNO2S.4CH4/c1-18(2,3)26-17(25)24-11-13(10-21-24)12-4-6-14(7-5-12)22-15-8-9-20-16(19)23-15;1-7(2)14-12(15)11-5-8-3-4-9(13)6-10(8)16-11;13-12-15-4-3-11(17-12)16-10-2-1-8-6-14-7-9(8)5-10;1-14(12,13)9-4-6-2-3-7(10)5-8(6)11-9;;;;/h4-11H,1-3H3,(H,20,22,23);3-7H,1-2H3,(H,14,15);1-5,7H,6H2,(H,15,16,17);2-5,11H,1H3;4*1H4. The molecule has 22 heteroatoms. The zero-order chi connectivity index (χ0) is 52.5. The number of carbonyl (C=O) groups is 2. The molecule has 10 rings (SSSR count). The number of benzene rings is 4. The van der Waals surface area contributed by atoms with E-state index in [1.165, 1.54) is 16.5 Å². The molecular weight excluding hydrogens is 1170 g/mol. The van der Waals surface area contributed by atoms with Gasteiger partial charge in [0.1, 0.15) is 27.8 Å². The van der Waals surface area contributed by atoms with Gasteiger partial charge in [0.2, 0.25) is 10.6 Å². The molecule has 0 radical (unpaired) electrons. The number of fused-ring (bicyclic) bond motifs is 3. The highest BCUT2D eigenvalue weighted by molar-refractivity contribution is 9.10. The lowest BCUT2D eigenvalue weighted by atomic mass is 10.1. The van der Waals surface area contributed by atoms with Crippen LogP contribution in [0.25, 0.3) is 33.0 Å². The highest BCUT2D eigenvalue weighted by atomic mass is 79.9. The van der Waals surface area contributed by atoms with Gasteiger partial charge in [0.25, 0.3) is 5.91 Å². The number of hydrogen-bond acceptors (Lipinski definition) is 14. The molecule has 0 aliphatic carbocycles. The summed E-state index contributed by atoms with van der Waals surface area (Å²) in [6, 6.07) is 32.0. The summed E-state index contributed by atoms with van der Waals surface area (Å²) in [5.74, 6) is 1.46. The average Bonchev–Trinajstić information content (AvgIpc) is 4.16. The molecule has 17 nitrogen and oxygen atoms in total. The van der Waals surface area contributed by atoms with Gasteiger partial charge < -0.3 is 30.1 Å². The maximum atomic E-state index is 12.0. The minimum atomic E-state index is -3.15. The highest BCUT2D eigenvalue weighted by Crippen LogP contribution is 2.27. The lowest BCUT2D eigenvalue weighted by Gasteiger charge is -2.18. The number of aromatic amines is 1. The second kappa shape index (κ2) is 28.4. The minimum Gasteiger partial charge on any atom is -0.451 e. The fourth-order valence-electron chi connectivity index (χ4n) is 6.63. The Morgan fingerprint density at radius 2 is 1.36 bits per heavy atom. The summed E-state index contributed by atoms with van der Waals surface area (Å²) in [6.07, 6.45) is 9.02. The zero-order valence-electron chi connectivity index (χ0n) is 40.0. The van der Waals surface area contributed by atoms with E-state index < -0.39 is 21.5 Å². The largest absolute Gasteiger partial charge is 0.451 e. The van der Waals surface area contributed by atoms with Gasteiger partial charge in [-0.15, -0.1) is 0 Å². The first kappa shape index (κ1) is 64.3. The van der Waals surface area contributed by atoms with Crippen LogP contribution in [-0.2, 0) is 21.1 Å². The quantitative estimate of drug-likeness (QED) is 0.104. The Kier molecular flexibility index (Phi) is 23.7. The van der Waals surface area contributed by atoms with Crippen molar-refractivity contribution in [3.05, 3.63) is 164 Å². The molecule has 0 saturated carbocycles. The van der Waals surface area contributed by atoms with Crippen LogP contribution in [0, 0.1) is 0 Å². The first-order valence-electron chi connectivity index (χ1n) is 22.1. The number of carbonyl (C=O) groups excluding carboxylic acids is 2. The third-order valence-corrected chi connectivity index (χ3v) is 12.3. The maximum absolute atomic E-state index is 12.0. The molecule has 9 aromatic rings. The normalized spacial score (nSPS) is 11.1. The molecule has 5 aromatic heterocycles. The Morgan fingerprint density at radius 1 is 0.766 bits per heavy atom. The average molecular weight is 1240 g/mol. The maximum Gasteiger partial charge on any atom is 0.435 e. The Labute approximate surface area is 476 Å². The fourth-order valence-corrected chi connectivity index (χ4v) is 8.27. The van der Waals surface area contributed by atoms with Crippen molar-refractivity contribution in [3.63, 3.8) is 0 Å². The molecule has 77 heavy (non-hydrogen) atoms. The molecule has 1 aliphatic rings. The summed E-state index contributed by atoms with van der Waals surface area (Å²) < 4.78 is 36.3. The van der Waals surface area contributed by atoms with Gasteiger partial charge in [-0.05, 0) is 153 Å². The van der Waals surface area contributed by atoms with Gasteiger partial charge >= 0.3 is 6.09 Å². The third-order valence-electron chi connectivity index (χ3n) is 9.90. The van der Waals surface area contributed by atoms with E-state index in [2.05, 4.69) is 88.9 Å². The highest BCUT2D eigenvalue weighted by Gasteiger charge is 2.19. The first-order chi connectivity index (χ1) is 34.6. The smallest absolute Gasteiger partial charge is 0.435 e. The summed E-state index contributed by atoms with van der Waals surface area (Å²) in [6.45, 7) is 10.0. The van der Waals surface area contributed by atoms with Gasteiger partial charge in [0.05, 0.1) is 12.7 Å². The van der Waals surface area contributed by atoms with Crippen molar-refractivity contribution >= 4 is 128 Å². The SMILES string of the molecule is C.C.C.C.CC(C)(C)OC(=O)n1cc(-c2ccc(Nc3ccnc(Cl)n3)cc2)cn1.CC(C)NC(=O)c1cc2ccc(Br)cc2o1.CS(=O)(=O)c1cc2ccc(Br)cc2[nH]1.Clc1nccc(Nc2ccc3c(c2)C=NC3)n1. The molecule has 0 atom stereocenters. The van der Waals surface area contributed by atoms with Crippen LogP contribution in [0.15, 0.2) is 151 Å². The third kappa shape index (κ3) is 18.9. The molecule has 0 unspecified atom stereocenters. The number of sulfone groups is 1. The Hall–Kier alpha value is -6.97. The number of amides is 1. The van der Waals surface area contributed by atoms with E-state index >= 15 is 0 Å². The minimum absolute atomic E-state index is 0. The molecule has 0 spiro atoms. The van der Waals surface area contributed by atoms with Gasteiger partial charge in [-0.3, -0.25) is 9.79 Å². The monoisotopic (exact) mass is 1230 g/mol. The van der Waals surface area contributed by atoms with Gasteiger partial charge in [0.15, 0.2) is 15.6 Å². The van der Waals surface area contributed by atoms with Crippen LogP contribution in [0.1, 0.15) is 86.0 Å². The summed E-state index contributed by atoms with van der Waals surface area (Å²) >= 11 is 18.2. The van der Waals surface area contributed by atoms with Crippen LogP contribution in [0.2, 0.25) is 10.6 Å². The van der Waals surface area contributed by atoms with E-state index in [0.29, 0.717) is 23.0 Å². The predicted molar refractivity (Wildman–Crippen MR) is 320 cm³/mol. The van der Waals surface area contributed by atoms with E-state index in [1.54, 1.807) is 49.1 Å². The van der Waals surface area contributed by atoms with Crippen molar-refractivity contribution in [2.75, 3.05) is 16.9 Å². The number of aliphatic imine (C=N–C) groups is 1. The second-order valence-electron chi connectivity index (χ2n) is 17.3. The van der Waals surface area contributed by atoms with Crippen molar-refractivity contribution in [2.24, 2.45) is 4.99 Å². The van der Waals surface area contributed by atoms with E-state index in [1.807, 2.05) is 114 Å². The van der Waals surface area contributed by atoms with Crippen molar-refractivity contribution in [3.8, 4) is 11.1 Å².